The Morgan fingerprint density at radius 1 is 0.559 bits per heavy atom. The third-order valence-electron chi connectivity index (χ3n) is 7.84. The van der Waals surface area contributed by atoms with Crippen molar-refractivity contribution in [3.8, 4) is 22.3 Å². The summed E-state index contributed by atoms with van der Waals surface area (Å²) >= 11 is 3.81. The van der Waals surface area contributed by atoms with Crippen LogP contribution in [0.3, 0.4) is 0 Å². The fourth-order valence-electron chi connectivity index (χ4n) is 6.30. The molecule has 0 bridgehead atoms. The molecule has 6 rings (SSSR count). The second kappa shape index (κ2) is 6.95. The minimum atomic E-state index is -0.303. The van der Waals surface area contributed by atoms with Crippen molar-refractivity contribution in [3.63, 3.8) is 0 Å². The molecule has 0 fully saturated rings. The van der Waals surface area contributed by atoms with E-state index in [1.54, 1.807) is 0 Å². The van der Waals surface area contributed by atoms with Gasteiger partial charge in [0, 0.05) is 4.47 Å². The van der Waals surface area contributed by atoms with Crippen LogP contribution in [0.2, 0.25) is 0 Å². The molecule has 0 amide bonds. The highest BCUT2D eigenvalue weighted by Gasteiger charge is 2.52. The molecule has 4 aromatic carbocycles. The predicted octanol–water partition coefficient (Wildman–Crippen LogP) is 9.39. The summed E-state index contributed by atoms with van der Waals surface area (Å²) in [6, 6.07) is 30.2. The number of rotatable bonds is 0. The highest BCUT2D eigenvalue weighted by atomic mass is 79.9. The lowest BCUT2D eigenvalue weighted by atomic mass is 9.69. The van der Waals surface area contributed by atoms with Gasteiger partial charge >= 0.3 is 0 Å². The fourth-order valence-corrected chi connectivity index (χ4v) is 6.66. The van der Waals surface area contributed by atoms with Crippen molar-refractivity contribution >= 4 is 15.9 Å². The van der Waals surface area contributed by atoms with Gasteiger partial charge in [0.15, 0.2) is 0 Å². The smallest absolute Gasteiger partial charge is 0.0619 e. The first-order chi connectivity index (χ1) is 16.0. The maximum Gasteiger partial charge on any atom is 0.0726 e. The summed E-state index contributed by atoms with van der Waals surface area (Å²) in [5, 5.41) is 0. The Bertz CT molecular complexity index is 1470. The molecule has 0 saturated heterocycles. The van der Waals surface area contributed by atoms with E-state index < -0.39 is 0 Å². The topological polar surface area (TPSA) is 0 Å². The molecule has 4 aromatic rings. The summed E-state index contributed by atoms with van der Waals surface area (Å²) in [6.07, 6.45) is 0. The largest absolute Gasteiger partial charge is 0.0726 e. The van der Waals surface area contributed by atoms with E-state index in [0.717, 1.165) is 4.47 Å². The van der Waals surface area contributed by atoms with Crippen molar-refractivity contribution in [2.75, 3.05) is 0 Å². The Balaban J connectivity index is 1.84. The van der Waals surface area contributed by atoms with Gasteiger partial charge in [0.25, 0.3) is 0 Å². The van der Waals surface area contributed by atoms with Gasteiger partial charge in [-0.15, -0.1) is 0 Å². The van der Waals surface area contributed by atoms with Crippen molar-refractivity contribution in [2.45, 2.75) is 57.8 Å². The molecule has 1 atom stereocenters. The average molecular weight is 508 g/mol. The maximum absolute atomic E-state index is 3.81. The third kappa shape index (κ3) is 2.77. The van der Waals surface area contributed by atoms with Crippen molar-refractivity contribution in [1.82, 2.24) is 0 Å². The van der Waals surface area contributed by atoms with Gasteiger partial charge in [-0.2, -0.15) is 0 Å². The molecule has 0 aliphatic heterocycles. The highest BCUT2D eigenvalue weighted by molar-refractivity contribution is 9.10. The molecular formula is C33H31Br. The van der Waals surface area contributed by atoms with Gasteiger partial charge in [0.1, 0.15) is 0 Å². The highest BCUT2D eigenvalue weighted by Crippen LogP contribution is 2.64. The normalized spacial score (nSPS) is 18.0. The van der Waals surface area contributed by atoms with E-state index in [4.69, 9.17) is 0 Å². The first-order valence-corrected chi connectivity index (χ1v) is 13.0. The van der Waals surface area contributed by atoms with E-state index in [1.165, 1.54) is 55.6 Å². The first-order valence-electron chi connectivity index (χ1n) is 12.2. The van der Waals surface area contributed by atoms with Gasteiger partial charge in [0.05, 0.1) is 5.41 Å². The summed E-state index contributed by atoms with van der Waals surface area (Å²) in [7, 11) is 0. The van der Waals surface area contributed by atoms with Gasteiger partial charge in [0.2, 0.25) is 0 Å². The molecule has 0 heterocycles. The summed E-state index contributed by atoms with van der Waals surface area (Å²) < 4.78 is 1.13. The minimum absolute atomic E-state index is 0.0543. The zero-order valence-electron chi connectivity index (χ0n) is 20.9. The Hall–Kier alpha value is -2.64. The van der Waals surface area contributed by atoms with Gasteiger partial charge in [-0.3, -0.25) is 0 Å². The molecule has 2 aliphatic carbocycles. The second-order valence-corrected chi connectivity index (χ2v) is 12.9. The summed E-state index contributed by atoms with van der Waals surface area (Å²) in [6.45, 7) is 13.9. The van der Waals surface area contributed by atoms with Gasteiger partial charge in [-0.1, -0.05) is 124 Å². The summed E-state index contributed by atoms with van der Waals surface area (Å²) in [5.74, 6) is 0. The molecule has 1 heteroatoms. The maximum atomic E-state index is 3.81. The van der Waals surface area contributed by atoms with Crippen molar-refractivity contribution < 1.29 is 0 Å². The molecule has 0 nitrogen and oxygen atoms in total. The Labute approximate surface area is 212 Å². The zero-order chi connectivity index (χ0) is 24.0. The summed E-state index contributed by atoms with van der Waals surface area (Å²) in [4.78, 5) is 0. The van der Waals surface area contributed by atoms with Crippen LogP contribution in [-0.4, -0.2) is 0 Å². The van der Waals surface area contributed by atoms with E-state index in [1.807, 2.05) is 0 Å². The van der Waals surface area contributed by atoms with Crippen LogP contribution >= 0.6 is 15.9 Å². The van der Waals surface area contributed by atoms with Crippen LogP contribution in [-0.2, 0) is 16.2 Å². The number of fused-ring (bicyclic) bond motifs is 10. The van der Waals surface area contributed by atoms with Crippen molar-refractivity contribution in [1.29, 1.82) is 0 Å². The van der Waals surface area contributed by atoms with Crippen LogP contribution in [0.25, 0.3) is 22.3 Å². The number of benzene rings is 4. The Morgan fingerprint density at radius 2 is 1.21 bits per heavy atom. The standard InChI is InChI=1S/C33H31Br/c1-31(2,3)20-14-16-22-23-17-15-21(34)19-29(23)33(28(22)18-20)25-11-8-7-10-24(25)30-26(32(4,5)6)12-9-13-27(30)33/h7-19H,1-6H3. The first kappa shape index (κ1) is 21.9. The molecule has 1 unspecified atom stereocenters. The monoisotopic (exact) mass is 506 g/mol. The molecule has 170 valence electrons. The van der Waals surface area contributed by atoms with Crippen molar-refractivity contribution in [2.24, 2.45) is 0 Å². The average Bonchev–Trinajstić information content (AvgIpc) is 3.24. The number of halogens is 1. The number of hydrogen-bond acceptors (Lipinski definition) is 0. The molecule has 2 aliphatic rings. The SMILES string of the molecule is CC(C)(C)c1ccc2c(c1)C1(c3cc(Br)ccc3-2)c2ccccc2-c2c(C(C)(C)C)cccc21. The minimum Gasteiger partial charge on any atom is -0.0619 e. The molecule has 1 spiro atoms. The second-order valence-electron chi connectivity index (χ2n) is 12.0. The van der Waals surface area contributed by atoms with E-state index in [0.29, 0.717) is 0 Å². The Kier molecular flexibility index (Phi) is 4.47. The van der Waals surface area contributed by atoms with Crippen LogP contribution < -0.4 is 0 Å². The zero-order valence-corrected chi connectivity index (χ0v) is 22.5. The van der Waals surface area contributed by atoms with Gasteiger partial charge < -0.3 is 0 Å². The molecule has 0 saturated carbocycles. The third-order valence-corrected chi connectivity index (χ3v) is 8.34. The van der Waals surface area contributed by atoms with Crippen LogP contribution in [0.15, 0.2) is 83.3 Å². The van der Waals surface area contributed by atoms with E-state index in [-0.39, 0.29) is 16.2 Å². The lowest BCUT2D eigenvalue weighted by Gasteiger charge is -2.32. The Morgan fingerprint density at radius 3 is 1.91 bits per heavy atom. The van der Waals surface area contributed by atoms with E-state index in [2.05, 4.69) is 136 Å². The van der Waals surface area contributed by atoms with Gasteiger partial charge in [-0.05, 0) is 78.6 Å². The van der Waals surface area contributed by atoms with Crippen LogP contribution in [0.1, 0.15) is 74.9 Å². The van der Waals surface area contributed by atoms with E-state index >= 15 is 0 Å². The molecule has 0 radical (unpaired) electrons. The fraction of sp³-hybridized carbons (Fsp3) is 0.273. The van der Waals surface area contributed by atoms with Crippen molar-refractivity contribution in [3.05, 3.63) is 117 Å². The summed E-state index contributed by atoms with van der Waals surface area (Å²) in [5.41, 5.74) is 13.8. The van der Waals surface area contributed by atoms with Crippen LogP contribution in [0.5, 0.6) is 0 Å². The lowest BCUT2D eigenvalue weighted by Crippen LogP contribution is -2.27. The quantitative estimate of drug-likeness (QED) is 0.192. The number of hydrogen-bond donors (Lipinski definition) is 0. The molecule has 0 aromatic heterocycles. The van der Waals surface area contributed by atoms with Crippen LogP contribution in [0.4, 0.5) is 0 Å². The predicted molar refractivity (Wildman–Crippen MR) is 148 cm³/mol. The molecule has 34 heavy (non-hydrogen) atoms. The van der Waals surface area contributed by atoms with E-state index in [9.17, 15) is 0 Å². The lowest BCUT2D eigenvalue weighted by molar-refractivity contribution is 0.588. The molecule has 0 N–H and O–H groups in total. The molecular weight excluding hydrogens is 476 g/mol. The van der Waals surface area contributed by atoms with Gasteiger partial charge in [-0.25, -0.2) is 0 Å². The van der Waals surface area contributed by atoms with Crippen LogP contribution in [0, 0.1) is 0 Å².